The molecule has 3 rings (SSSR count). The number of hydrogen-bond donors (Lipinski definition) is 1. The maximum atomic E-state index is 11.3. The first-order valence-electron chi connectivity index (χ1n) is 6.53. The summed E-state index contributed by atoms with van der Waals surface area (Å²) in [6.45, 7) is 0. The number of benzene rings is 3. The smallest absolute Gasteiger partial charge is 0.259 e. The highest BCUT2D eigenvalue weighted by Crippen LogP contribution is 2.30. The Hall–Kier alpha value is -3.12. The van der Waals surface area contributed by atoms with E-state index >= 15 is 0 Å². The Morgan fingerprint density at radius 2 is 1.52 bits per heavy atom. The summed E-state index contributed by atoms with van der Waals surface area (Å²) in [4.78, 5) is 11.3. The van der Waals surface area contributed by atoms with Gasteiger partial charge in [-0.1, -0.05) is 48.5 Å². The van der Waals surface area contributed by atoms with Gasteiger partial charge in [0.25, 0.3) is 5.91 Å². The number of carbonyl (C=O) groups excluding carboxylic acids is 1. The molecule has 3 aromatic rings. The zero-order chi connectivity index (χ0) is 14.8. The molecule has 0 unspecified atom stereocenters. The van der Waals surface area contributed by atoms with Crippen molar-refractivity contribution in [2.75, 3.05) is 0 Å². The van der Waals surface area contributed by atoms with Crippen LogP contribution in [0.3, 0.4) is 0 Å². The van der Waals surface area contributed by atoms with Gasteiger partial charge in [0, 0.05) is 0 Å². The van der Waals surface area contributed by atoms with Crippen LogP contribution in [0.25, 0.3) is 27.6 Å². The van der Waals surface area contributed by atoms with Crippen LogP contribution in [-0.2, 0) is 4.79 Å². The second-order valence-corrected chi connectivity index (χ2v) is 4.77. The summed E-state index contributed by atoms with van der Waals surface area (Å²) in [6, 6.07) is 19.7. The highest BCUT2D eigenvalue weighted by molar-refractivity contribution is 6.10. The highest BCUT2D eigenvalue weighted by atomic mass is 16.1. The van der Waals surface area contributed by atoms with Crippen LogP contribution in [0.2, 0.25) is 0 Å². The predicted molar refractivity (Wildman–Crippen MR) is 84.2 cm³/mol. The van der Waals surface area contributed by atoms with E-state index in [0.717, 1.165) is 27.1 Å². The Morgan fingerprint density at radius 3 is 2.00 bits per heavy atom. The SMILES string of the molecule is N#C/C(=C\c1c2ccccc2cc2ccccc12)C(N)=O. The van der Waals surface area contributed by atoms with Gasteiger partial charge in [0.1, 0.15) is 11.6 Å². The number of amides is 1. The fraction of sp³-hybridized carbons (Fsp3) is 0. The molecule has 0 fully saturated rings. The molecule has 3 heteroatoms. The van der Waals surface area contributed by atoms with Crippen LogP contribution < -0.4 is 5.73 Å². The standard InChI is InChI=1S/C18H12N2O/c19-11-14(18(20)21)10-17-15-7-3-1-5-12(15)9-13-6-2-4-8-16(13)17/h1-10H,(H2,20,21)/b14-10+. The summed E-state index contributed by atoms with van der Waals surface area (Å²) < 4.78 is 0. The van der Waals surface area contributed by atoms with Crippen molar-refractivity contribution in [2.24, 2.45) is 5.73 Å². The van der Waals surface area contributed by atoms with Crippen LogP contribution in [0.1, 0.15) is 5.56 Å². The molecular formula is C18H12N2O. The van der Waals surface area contributed by atoms with Crippen molar-refractivity contribution in [3.63, 3.8) is 0 Å². The normalized spacial score (nSPS) is 11.5. The molecule has 21 heavy (non-hydrogen) atoms. The maximum Gasteiger partial charge on any atom is 0.259 e. The van der Waals surface area contributed by atoms with Crippen molar-refractivity contribution in [2.45, 2.75) is 0 Å². The average molecular weight is 272 g/mol. The molecular weight excluding hydrogens is 260 g/mol. The average Bonchev–Trinajstić information content (AvgIpc) is 2.51. The molecule has 0 heterocycles. The van der Waals surface area contributed by atoms with Crippen LogP contribution in [0, 0.1) is 11.3 Å². The van der Waals surface area contributed by atoms with E-state index in [-0.39, 0.29) is 5.57 Å². The zero-order valence-electron chi connectivity index (χ0n) is 11.2. The van der Waals surface area contributed by atoms with Crippen molar-refractivity contribution < 1.29 is 4.79 Å². The van der Waals surface area contributed by atoms with E-state index in [2.05, 4.69) is 6.07 Å². The number of rotatable bonds is 2. The first-order valence-corrected chi connectivity index (χ1v) is 6.53. The lowest BCUT2D eigenvalue weighted by molar-refractivity contribution is -0.114. The van der Waals surface area contributed by atoms with E-state index in [4.69, 9.17) is 11.0 Å². The monoisotopic (exact) mass is 272 g/mol. The summed E-state index contributed by atoms with van der Waals surface area (Å²) in [7, 11) is 0. The van der Waals surface area contributed by atoms with E-state index in [1.165, 1.54) is 0 Å². The van der Waals surface area contributed by atoms with Crippen molar-refractivity contribution in [1.82, 2.24) is 0 Å². The second kappa shape index (κ2) is 5.10. The number of carbonyl (C=O) groups is 1. The minimum Gasteiger partial charge on any atom is -0.365 e. The van der Waals surface area contributed by atoms with Crippen molar-refractivity contribution in [3.05, 3.63) is 65.7 Å². The lowest BCUT2D eigenvalue weighted by Gasteiger charge is -2.08. The van der Waals surface area contributed by atoms with E-state index in [0.29, 0.717) is 0 Å². The summed E-state index contributed by atoms with van der Waals surface area (Å²) >= 11 is 0. The molecule has 1 amide bonds. The molecule has 0 aromatic heterocycles. The second-order valence-electron chi connectivity index (χ2n) is 4.77. The Labute approximate surface area is 121 Å². The lowest BCUT2D eigenvalue weighted by Crippen LogP contribution is -2.12. The van der Waals surface area contributed by atoms with Crippen LogP contribution in [0.5, 0.6) is 0 Å². The van der Waals surface area contributed by atoms with Crippen LogP contribution >= 0.6 is 0 Å². The molecule has 0 aliphatic rings. The summed E-state index contributed by atoms with van der Waals surface area (Å²) in [6.07, 6.45) is 1.58. The zero-order valence-corrected chi connectivity index (χ0v) is 11.2. The van der Waals surface area contributed by atoms with Gasteiger partial charge in [0.15, 0.2) is 0 Å². The number of hydrogen-bond acceptors (Lipinski definition) is 2. The lowest BCUT2D eigenvalue weighted by atomic mass is 9.95. The van der Waals surface area contributed by atoms with Crippen molar-refractivity contribution in [3.8, 4) is 6.07 Å². The fourth-order valence-electron chi connectivity index (χ4n) is 2.51. The first-order chi connectivity index (χ1) is 10.2. The Balaban J connectivity index is 2.47. The van der Waals surface area contributed by atoms with Gasteiger partial charge in [-0.05, 0) is 39.3 Å². The molecule has 0 aliphatic heterocycles. The molecule has 100 valence electrons. The third-order valence-electron chi connectivity index (χ3n) is 3.49. The van der Waals surface area contributed by atoms with Gasteiger partial charge in [0.2, 0.25) is 0 Å². The third kappa shape index (κ3) is 2.24. The molecule has 0 aliphatic carbocycles. The number of fused-ring (bicyclic) bond motifs is 2. The summed E-state index contributed by atoms with van der Waals surface area (Å²) in [5.74, 6) is -0.713. The number of nitriles is 1. The molecule has 0 spiro atoms. The number of primary amides is 1. The number of nitrogens with two attached hydrogens (primary N) is 1. The van der Waals surface area contributed by atoms with Crippen LogP contribution in [0.15, 0.2) is 60.2 Å². The van der Waals surface area contributed by atoms with Gasteiger partial charge in [-0.3, -0.25) is 4.79 Å². The van der Waals surface area contributed by atoms with Gasteiger partial charge in [-0.15, -0.1) is 0 Å². The van der Waals surface area contributed by atoms with Crippen LogP contribution in [-0.4, -0.2) is 5.91 Å². The van der Waals surface area contributed by atoms with Gasteiger partial charge in [0.05, 0.1) is 0 Å². The molecule has 0 saturated heterocycles. The molecule has 0 saturated carbocycles. The molecule has 3 nitrogen and oxygen atoms in total. The van der Waals surface area contributed by atoms with Gasteiger partial charge in [-0.2, -0.15) is 5.26 Å². The topological polar surface area (TPSA) is 66.9 Å². The molecule has 0 radical (unpaired) electrons. The minimum absolute atomic E-state index is 0.0449. The van der Waals surface area contributed by atoms with E-state index in [1.807, 2.05) is 54.6 Å². The molecule has 3 aromatic carbocycles. The maximum absolute atomic E-state index is 11.3. The molecule has 2 N–H and O–H groups in total. The van der Waals surface area contributed by atoms with Crippen molar-refractivity contribution >= 4 is 33.5 Å². The van der Waals surface area contributed by atoms with Crippen LogP contribution in [0.4, 0.5) is 0 Å². The minimum atomic E-state index is -0.713. The first kappa shape index (κ1) is 12.9. The van der Waals surface area contributed by atoms with Gasteiger partial charge < -0.3 is 5.73 Å². The Morgan fingerprint density at radius 1 is 1.00 bits per heavy atom. The summed E-state index contributed by atoms with van der Waals surface area (Å²) in [5, 5.41) is 13.2. The Bertz CT molecular complexity index is 879. The largest absolute Gasteiger partial charge is 0.365 e. The number of nitrogens with zero attached hydrogens (tertiary/aromatic N) is 1. The predicted octanol–water partition coefficient (Wildman–Crippen LogP) is 3.39. The molecule has 0 atom stereocenters. The van der Waals surface area contributed by atoms with Crippen molar-refractivity contribution in [1.29, 1.82) is 5.26 Å². The van der Waals surface area contributed by atoms with E-state index in [1.54, 1.807) is 6.08 Å². The van der Waals surface area contributed by atoms with E-state index < -0.39 is 5.91 Å². The summed E-state index contributed by atoms with van der Waals surface area (Å²) in [5.41, 5.74) is 6.05. The third-order valence-corrected chi connectivity index (χ3v) is 3.49. The van der Waals surface area contributed by atoms with Gasteiger partial charge >= 0.3 is 0 Å². The highest BCUT2D eigenvalue weighted by Gasteiger charge is 2.09. The van der Waals surface area contributed by atoms with Gasteiger partial charge in [-0.25, -0.2) is 0 Å². The van der Waals surface area contributed by atoms with E-state index in [9.17, 15) is 4.79 Å². The quantitative estimate of drug-likeness (QED) is 0.441. The fourth-order valence-corrected chi connectivity index (χ4v) is 2.51. The Kier molecular flexibility index (Phi) is 3.13. The molecule has 0 bridgehead atoms.